The van der Waals surface area contributed by atoms with Crippen molar-refractivity contribution < 1.29 is 4.74 Å². The van der Waals surface area contributed by atoms with E-state index in [0.29, 0.717) is 0 Å². The third-order valence-electron chi connectivity index (χ3n) is 1.47. The Morgan fingerprint density at radius 3 is 3.00 bits per heavy atom. The van der Waals surface area contributed by atoms with Crippen LogP contribution in [0.3, 0.4) is 0 Å². The lowest BCUT2D eigenvalue weighted by molar-refractivity contribution is 0.416. The summed E-state index contributed by atoms with van der Waals surface area (Å²) in [5.41, 5.74) is 0. The number of fused-ring (bicyclic) bond motifs is 1. The zero-order chi connectivity index (χ0) is 7.68. The molecule has 0 unspecified atom stereocenters. The van der Waals surface area contributed by atoms with Crippen molar-refractivity contribution in [2.75, 3.05) is 0 Å². The molecular weight excluding hydrogens is 156 g/mol. The molecule has 1 heterocycles. The maximum Gasteiger partial charge on any atom is 0.140 e. The van der Waals surface area contributed by atoms with Gasteiger partial charge in [-0.3, -0.25) is 0 Å². The first-order valence-electron chi connectivity index (χ1n) is 3.46. The summed E-state index contributed by atoms with van der Waals surface area (Å²) in [6.07, 6.45) is 0. The summed E-state index contributed by atoms with van der Waals surface area (Å²) in [5.74, 6) is 1.94. The van der Waals surface area contributed by atoms with E-state index in [1.807, 2.05) is 30.5 Å². The molecule has 1 aliphatic heterocycles. The first-order valence-corrected chi connectivity index (χ1v) is 4.34. The van der Waals surface area contributed by atoms with Crippen LogP contribution < -0.4 is 4.74 Å². The topological polar surface area (TPSA) is 9.23 Å². The molecule has 0 aromatic heterocycles. The first-order chi connectivity index (χ1) is 5.36. The molecule has 0 bridgehead atoms. The van der Waals surface area contributed by atoms with Gasteiger partial charge < -0.3 is 4.74 Å². The van der Waals surface area contributed by atoms with Crippen LogP contribution in [-0.2, 0) is 0 Å². The van der Waals surface area contributed by atoms with Crippen LogP contribution in [0.4, 0.5) is 0 Å². The van der Waals surface area contributed by atoms with Crippen LogP contribution in [0.25, 0.3) is 0 Å². The maximum atomic E-state index is 5.47. The van der Waals surface area contributed by atoms with E-state index in [9.17, 15) is 0 Å². The molecule has 0 aliphatic carbocycles. The molecule has 2 heteroatoms. The van der Waals surface area contributed by atoms with Gasteiger partial charge in [0.2, 0.25) is 0 Å². The van der Waals surface area contributed by atoms with Gasteiger partial charge in [0.15, 0.2) is 0 Å². The molecule has 0 radical (unpaired) electrons. The molecule has 11 heavy (non-hydrogen) atoms. The van der Waals surface area contributed by atoms with Gasteiger partial charge in [-0.15, -0.1) is 0 Å². The Labute approximate surface area is 70.1 Å². The molecule has 56 valence electrons. The molecule has 0 saturated heterocycles. The fourth-order valence-electron chi connectivity index (χ4n) is 0.976. The number of hydrogen-bond donors (Lipinski definition) is 0. The molecule has 0 amide bonds. The molecule has 0 spiro atoms. The Balaban J connectivity index is 2.42. The predicted molar refractivity (Wildman–Crippen MR) is 46.7 cm³/mol. The monoisotopic (exact) mass is 164 g/mol. The number of hydrogen-bond acceptors (Lipinski definition) is 2. The molecule has 0 atom stereocenters. The summed E-state index contributed by atoms with van der Waals surface area (Å²) in [7, 11) is 0. The van der Waals surface area contributed by atoms with Gasteiger partial charge in [-0.25, -0.2) is 0 Å². The highest BCUT2D eigenvalue weighted by Gasteiger charge is 2.07. The lowest BCUT2D eigenvalue weighted by Crippen LogP contribution is -1.94. The second-order valence-corrected chi connectivity index (χ2v) is 3.31. The molecule has 1 nitrogen and oxygen atoms in total. The Morgan fingerprint density at radius 2 is 2.09 bits per heavy atom. The van der Waals surface area contributed by atoms with E-state index < -0.39 is 0 Å². The summed E-state index contributed by atoms with van der Waals surface area (Å²) in [6.45, 7) is 1.96. The van der Waals surface area contributed by atoms with Gasteiger partial charge in [-0.1, -0.05) is 23.9 Å². The third kappa shape index (κ3) is 1.26. The summed E-state index contributed by atoms with van der Waals surface area (Å²) in [5, 5.41) is 2.02. The smallest absolute Gasteiger partial charge is 0.140 e. The van der Waals surface area contributed by atoms with Gasteiger partial charge in [-0.2, -0.15) is 0 Å². The maximum absolute atomic E-state index is 5.47. The Morgan fingerprint density at radius 1 is 1.27 bits per heavy atom. The zero-order valence-corrected chi connectivity index (χ0v) is 7.02. The fourth-order valence-corrected chi connectivity index (χ4v) is 1.70. The minimum atomic E-state index is 0.966. The minimum absolute atomic E-state index is 0.966. The van der Waals surface area contributed by atoms with E-state index in [4.69, 9.17) is 4.74 Å². The first kappa shape index (κ1) is 6.80. The van der Waals surface area contributed by atoms with Crippen molar-refractivity contribution >= 4 is 11.8 Å². The van der Waals surface area contributed by atoms with Crippen LogP contribution in [0.5, 0.6) is 5.75 Å². The van der Waals surface area contributed by atoms with Crippen molar-refractivity contribution in [3.8, 4) is 5.75 Å². The summed E-state index contributed by atoms with van der Waals surface area (Å²) < 4.78 is 5.47. The van der Waals surface area contributed by atoms with E-state index in [2.05, 4.69) is 6.07 Å². The van der Waals surface area contributed by atoms with Crippen LogP contribution in [0.2, 0.25) is 0 Å². The largest absolute Gasteiger partial charge is 0.460 e. The van der Waals surface area contributed by atoms with E-state index >= 15 is 0 Å². The predicted octanol–water partition coefficient (Wildman–Crippen LogP) is 3.03. The third-order valence-corrected chi connectivity index (χ3v) is 2.51. The van der Waals surface area contributed by atoms with Crippen LogP contribution in [0, 0.1) is 0 Å². The molecule has 0 N–H and O–H groups in total. The number of para-hydroxylation sites is 1. The molecule has 1 aromatic rings. The van der Waals surface area contributed by atoms with E-state index in [-0.39, 0.29) is 0 Å². The van der Waals surface area contributed by atoms with Crippen LogP contribution in [-0.4, -0.2) is 0 Å². The van der Waals surface area contributed by atoms with Gasteiger partial charge in [-0.05, 0) is 19.1 Å². The Kier molecular flexibility index (Phi) is 1.62. The number of thioether (sulfide) groups is 1. The summed E-state index contributed by atoms with van der Waals surface area (Å²) in [6, 6.07) is 8.05. The molecular formula is C9H8OS. The number of benzene rings is 1. The van der Waals surface area contributed by atoms with Crippen LogP contribution in [0.1, 0.15) is 6.92 Å². The lowest BCUT2D eigenvalue weighted by atomic mass is 10.3. The van der Waals surface area contributed by atoms with E-state index in [0.717, 1.165) is 11.5 Å². The van der Waals surface area contributed by atoms with Gasteiger partial charge in [0.25, 0.3) is 0 Å². The number of ether oxygens (including phenoxy) is 1. The van der Waals surface area contributed by atoms with Crippen LogP contribution in [0.15, 0.2) is 40.3 Å². The number of allylic oxidation sites excluding steroid dienone is 1. The highest BCUT2D eigenvalue weighted by molar-refractivity contribution is 8.02. The van der Waals surface area contributed by atoms with Gasteiger partial charge in [0.05, 0.1) is 4.90 Å². The summed E-state index contributed by atoms with van der Waals surface area (Å²) >= 11 is 1.71. The minimum Gasteiger partial charge on any atom is -0.460 e. The van der Waals surface area contributed by atoms with Crippen LogP contribution >= 0.6 is 11.8 Å². The average Bonchev–Trinajstić information content (AvgIpc) is 2.04. The van der Waals surface area contributed by atoms with E-state index in [1.165, 1.54) is 4.90 Å². The van der Waals surface area contributed by atoms with Gasteiger partial charge >= 0.3 is 0 Å². The lowest BCUT2D eigenvalue weighted by Gasteiger charge is -2.13. The second-order valence-electron chi connectivity index (χ2n) is 2.40. The highest BCUT2D eigenvalue weighted by Crippen LogP contribution is 2.35. The normalized spacial score (nSPS) is 14.8. The second kappa shape index (κ2) is 2.62. The highest BCUT2D eigenvalue weighted by atomic mass is 32.2. The number of rotatable bonds is 0. The van der Waals surface area contributed by atoms with Crippen molar-refractivity contribution in [3.63, 3.8) is 0 Å². The summed E-state index contributed by atoms with van der Waals surface area (Å²) in [4.78, 5) is 1.19. The Bertz CT molecular complexity index is 304. The molecule has 1 aromatic carbocycles. The SMILES string of the molecule is CC1=CSc2ccccc2O1. The van der Waals surface area contributed by atoms with Crippen molar-refractivity contribution in [3.05, 3.63) is 35.4 Å². The molecule has 0 fully saturated rings. The van der Waals surface area contributed by atoms with Crippen molar-refractivity contribution in [2.24, 2.45) is 0 Å². The molecule has 1 aliphatic rings. The standard InChI is InChI=1S/C9H8OS/c1-7-6-11-9-5-3-2-4-8(9)10-7/h2-6H,1H3. The Hall–Kier alpha value is -0.890. The fraction of sp³-hybridized carbons (Fsp3) is 0.111. The van der Waals surface area contributed by atoms with E-state index in [1.54, 1.807) is 11.8 Å². The van der Waals surface area contributed by atoms with Crippen molar-refractivity contribution in [1.82, 2.24) is 0 Å². The average molecular weight is 164 g/mol. The molecule has 0 saturated carbocycles. The van der Waals surface area contributed by atoms with Crippen molar-refractivity contribution in [2.45, 2.75) is 11.8 Å². The zero-order valence-electron chi connectivity index (χ0n) is 6.20. The van der Waals surface area contributed by atoms with Gasteiger partial charge in [0.1, 0.15) is 11.5 Å². The molecule has 2 rings (SSSR count). The van der Waals surface area contributed by atoms with Crippen molar-refractivity contribution in [1.29, 1.82) is 0 Å². The quantitative estimate of drug-likeness (QED) is 0.583. The van der Waals surface area contributed by atoms with Gasteiger partial charge in [0, 0.05) is 5.41 Å².